The van der Waals surface area contributed by atoms with Crippen LogP contribution in [0.4, 0.5) is 0 Å². The van der Waals surface area contributed by atoms with Crippen molar-refractivity contribution >= 4 is 5.91 Å². The number of carbonyl (C=O) groups excluding carboxylic acids is 1. The monoisotopic (exact) mass is 194 g/mol. The third-order valence-electron chi connectivity index (χ3n) is 1.47. The quantitative estimate of drug-likeness (QED) is 0.751. The van der Waals surface area contributed by atoms with Crippen molar-refractivity contribution in [3.05, 3.63) is 35.4 Å². The molecule has 1 amide bonds. The molecule has 0 heterocycles. The van der Waals surface area contributed by atoms with E-state index in [4.69, 9.17) is 11.5 Å². The van der Waals surface area contributed by atoms with Crippen LogP contribution in [0.25, 0.3) is 0 Å². The molecule has 0 aliphatic carbocycles. The Hall–Kier alpha value is -1.35. The SMILES string of the molecule is CCC.NCc1ccc(C(N)=O)cc1. The summed E-state index contributed by atoms with van der Waals surface area (Å²) in [6.07, 6.45) is 1.25. The Labute approximate surface area is 85.1 Å². The maximum Gasteiger partial charge on any atom is 0.248 e. The van der Waals surface area contributed by atoms with Crippen LogP contribution in [0.1, 0.15) is 36.2 Å². The van der Waals surface area contributed by atoms with E-state index in [9.17, 15) is 4.79 Å². The molecule has 3 nitrogen and oxygen atoms in total. The summed E-state index contributed by atoms with van der Waals surface area (Å²) < 4.78 is 0. The molecule has 0 unspecified atom stereocenters. The normalized spacial score (nSPS) is 8.79. The zero-order chi connectivity index (χ0) is 11.0. The number of nitrogens with two attached hydrogens (primary N) is 2. The summed E-state index contributed by atoms with van der Waals surface area (Å²) in [5.74, 6) is -0.409. The maximum atomic E-state index is 10.6. The number of benzene rings is 1. The number of hydrogen-bond donors (Lipinski definition) is 2. The van der Waals surface area contributed by atoms with Gasteiger partial charge in [0.15, 0.2) is 0 Å². The van der Waals surface area contributed by atoms with Crippen LogP contribution in [0.2, 0.25) is 0 Å². The van der Waals surface area contributed by atoms with Gasteiger partial charge in [0.2, 0.25) is 5.91 Å². The highest BCUT2D eigenvalue weighted by Gasteiger charge is 1.97. The first-order valence-corrected chi connectivity index (χ1v) is 4.74. The van der Waals surface area contributed by atoms with E-state index in [2.05, 4.69) is 13.8 Å². The van der Waals surface area contributed by atoms with Crippen LogP contribution in [0.15, 0.2) is 24.3 Å². The predicted molar refractivity (Wildman–Crippen MR) is 58.8 cm³/mol. The van der Waals surface area contributed by atoms with Crippen molar-refractivity contribution in [1.82, 2.24) is 0 Å². The highest BCUT2D eigenvalue weighted by molar-refractivity contribution is 5.92. The molecule has 3 heteroatoms. The van der Waals surface area contributed by atoms with Gasteiger partial charge in [0.05, 0.1) is 0 Å². The first kappa shape index (κ1) is 12.7. The molecule has 14 heavy (non-hydrogen) atoms. The number of rotatable bonds is 2. The Morgan fingerprint density at radius 3 is 1.93 bits per heavy atom. The van der Waals surface area contributed by atoms with E-state index in [0.29, 0.717) is 12.1 Å². The molecule has 0 atom stereocenters. The molecule has 0 bridgehead atoms. The van der Waals surface area contributed by atoms with Crippen LogP contribution >= 0.6 is 0 Å². The molecule has 0 aliphatic heterocycles. The van der Waals surface area contributed by atoms with Gasteiger partial charge in [-0.05, 0) is 17.7 Å². The Balaban J connectivity index is 0.000000500. The fraction of sp³-hybridized carbons (Fsp3) is 0.364. The summed E-state index contributed by atoms with van der Waals surface area (Å²) in [6.45, 7) is 4.74. The molecule has 0 aliphatic rings. The summed E-state index contributed by atoms with van der Waals surface area (Å²) >= 11 is 0. The summed E-state index contributed by atoms with van der Waals surface area (Å²) in [4.78, 5) is 10.6. The summed E-state index contributed by atoms with van der Waals surface area (Å²) in [7, 11) is 0. The number of carbonyl (C=O) groups is 1. The number of amides is 1. The molecular weight excluding hydrogens is 176 g/mol. The Kier molecular flexibility index (Phi) is 6.41. The van der Waals surface area contributed by atoms with E-state index in [0.717, 1.165) is 5.56 Å². The van der Waals surface area contributed by atoms with Crippen molar-refractivity contribution in [2.24, 2.45) is 11.5 Å². The molecule has 0 aromatic heterocycles. The smallest absolute Gasteiger partial charge is 0.248 e. The Morgan fingerprint density at radius 2 is 1.64 bits per heavy atom. The minimum Gasteiger partial charge on any atom is -0.366 e. The topological polar surface area (TPSA) is 69.1 Å². The molecule has 0 radical (unpaired) electrons. The highest BCUT2D eigenvalue weighted by atomic mass is 16.1. The van der Waals surface area contributed by atoms with Crippen molar-refractivity contribution in [1.29, 1.82) is 0 Å². The zero-order valence-corrected chi connectivity index (χ0v) is 8.79. The standard InChI is InChI=1S/C8H10N2O.C3H8/c9-5-6-1-3-7(4-2-6)8(10)11;1-3-2/h1-4H,5,9H2,(H2,10,11);3H2,1-2H3. The largest absolute Gasteiger partial charge is 0.366 e. The highest BCUT2D eigenvalue weighted by Crippen LogP contribution is 2.02. The van der Waals surface area contributed by atoms with Crippen LogP contribution < -0.4 is 11.5 Å². The molecule has 1 rings (SSSR count). The molecular formula is C11H18N2O. The van der Waals surface area contributed by atoms with Crippen LogP contribution in [-0.2, 0) is 6.54 Å². The van der Waals surface area contributed by atoms with E-state index in [1.54, 1.807) is 24.3 Å². The molecule has 0 saturated heterocycles. The van der Waals surface area contributed by atoms with Gasteiger partial charge in [0.1, 0.15) is 0 Å². The summed E-state index contributed by atoms with van der Waals surface area (Å²) in [5, 5.41) is 0. The van der Waals surface area contributed by atoms with E-state index in [-0.39, 0.29) is 0 Å². The fourth-order valence-electron chi connectivity index (χ4n) is 0.805. The average molecular weight is 194 g/mol. The minimum atomic E-state index is -0.409. The van der Waals surface area contributed by atoms with Gasteiger partial charge >= 0.3 is 0 Å². The van der Waals surface area contributed by atoms with Crippen LogP contribution in [0.3, 0.4) is 0 Å². The van der Waals surface area contributed by atoms with Gasteiger partial charge in [-0.1, -0.05) is 32.4 Å². The van der Waals surface area contributed by atoms with Crippen molar-refractivity contribution in [2.75, 3.05) is 0 Å². The lowest BCUT2D eigenvalue weighted by Crippen LogP contribution is -2.10. The van der Waals surface area contributed by atoms with Gasteiger partial charge in [-0.15, -0.1) is 0 Å². The number of primary amides is 1. The number of hydrogen-bond acceptors (Lipinski definition) is 2. The average Bonchev–Trinajstić information content (AvgIpc) is 2.19. The lowest BCUT2D eigenvalue weighted by molar-refractivity contribution is 0.100. The molecule has 0 fully saturated rings. The molecule has 0 spiro atoms. The van der Waals surface area contributed by atoms with Gasteiger partial charge in [0.25, 0.3) is 0 Å². The van der Waals surface area contributed by atoms with Crippen molar-refractivity contribution in [2.45, 2.75) is 26.8 Å². The lowest BCUT2D eigenvalue weighted by Gasteiger charge is -1.96. The van der Waals surface area contributed by atoms with Gasteiger partial charge < -0.3 is 11.5 Å². The Bertz CT molecular complexity index is 267. The molecule has 4 N–H and O–H groups in total. The van der Waals surface area contributed by atoms with Gasteiger partial charge in [-0.25, -0.2) is 0 Å². The maximum absolute atomic E-state index is 10.6. The van der Waals surface area contributed by atoms with Crippen LogP contribution in [-0.4, -0.2) is 5.91 Å². The summed E-state index contributed by atoms with van der Waals surface area (Å²) in [5.41, 5.74) is 11.9. The molecule has 1 aromatic rings. The van der Waals surface area contributed by atoms with Crippen molar-refractivity contribution < 1.29 is 4.79 Å². The fourth-order valence-corrected chi connectivity index (χ4v) is 0.805. The van der Waals surface area contributed by atoms with E-state index >= 15 is 0 Å². The zero-order valence-electron chi connectivity index (χ0n) is 8.79. The lowest BCUT2D eigenvalue weighted by atomic mass is 10.1. The third kappa shape index (κ3) is 4.62. The summed E-state index contributed by atoms with van der Waals surface area (Å²) in [6, 6.07) is 6.93. The third-order valence-corrected chi connectivity index (χ3v) is 1.47. The molecule has 1 aromatic carbocycles. The Morgan fingerprint density at radius 1 is 1.21 bits per heavy atom. The first-order valence-electron chi connectivity index (χ1n) is 4.74. The van der Waals surface area contributed by atoms with Crippen LogP contribution in [0, 0.1) is 0 Å². The van der Waals surface area contributed by atoms with Crippen molar-refractivity contribution in [3.63, 3.8) is 0 Å². The molecule has 0 saturated carbocycles. The van der Waals surface area contributed by atoms with E-state index < -0.39 is 5.91 Å². The van der Waals surface area contributed by atoms with E-state index in [1.165, 1.54) is 6.42 Å². The van der Waals surface area contributed by atoms with Crippen molar-refractivity contribution in [3.8, 4) is 0 Å². The molecule has 78 valence electrons. The first-order chi connectivity index (χ1) is 6.65. The second-order valence-electron chi connectivity index (χ2n) is 2.97. The second-order valence-corrected chi connectivity index (χ2v) is 2.97. The predicted octanol–water partition coefficient (Wildman–Crippen LogP) is 1.66. The van der Waals surface area contributed by atoms with Gasteiger partial charge in [-0.3, -0.25) is 4.79 Å². The van der Waals surface area contributed by atoms with Gasteiger partial charge in [-0.2, -0.15) is 0 Å². The van der Waals surface area contributed by atoms with Crippen LogP contribution in [0.5, 0.6) is 0 Å². The minimum absolute atomic E-state index is 0.409. The van der Waals surface area contributed by atoms with E-state index in [1.807, 2.05) is 0 Å². The van der Waals surface area contributed by atoms with Gasteiger partial charge in [0, 0.05) is 12.1 Å². The second kappa shape index (κ2) is 7.09.